The molecule has 1 aromatic heterocycles. The largest absolute Gasteiger partial charge is 0.493 e. The molecule has 6 heteroatoms. The summed E-state index contributed by atoms with van der Waals surface area (Å²) in [5.41, 5.74) is 1.35. The van der Waals surface area contributed by atoms with Gasteiger partial charge in [0.1, 0.15) is 5.60 Å². The van der Waals surface area contributed by atoms with Gasteiger partial charge in [-0.2, -0.15) is 0 Å². The Kier molecular flexibility index (Phi) is 3.48. The summed E-state index contributed by atoms with van der Waals surface area (Å²) < 4.78 is 5.02. The van der Waals surface area contributed by atoms with E-state index in [4.69, 9.17) is 4.74 Å². The maximum absolute atomic E-state index is 11.5. The van der Waals surface area contributed by atoms with E-state index in [1.807, 2.05) is 25.1 Å². The molecule has 0 fully saturated rings. The van der Waals surface area contributed by atoms with Crippen molar-refractivity contribution in [2.45, 2.75) is 33.3 Å². The summed E-state index contributed by atoms with van der Waals surface area (Å²) in [5, 5.41) is 17.8. The van der Waals surface area contributed by atoms with Gasteiger partial charge in [-0.3, -0.25) is 0 Å². The van der Waals surface area contributed by atoms with Gasteiger partial charge in [0.25, 0.3) is 0 Å². The normalized spacial score (nSPS) is 12.2. The van der Waals surface area contributed by atoms with Gasteiger partial charge in [0.05, 0.1) is 5.52 Å². The van der Waals surface area contributed by atoms with E-state index in [0.29, 0.717) is 5.39 Å². The van der Waals surface area contributed by atoms with E-state index < -0.39 is 11.7 Å². The number of aromatic nitrogens is 1. The van der Waals surface area contributed by atoms with Crippen LogP contribution in [0.1, 0.15) is 26.3 Å². The molecular weight excluding hydrogens is 258 g/mol. The second-order valence-corrected chi connectivity index (χ2v) is 5.55. The highest BCUT2D eigenvalue weighted by Crippen LogP contribution is 2.35. The van der Waals surface area contributed by atoms with Crippen LogP contribution in [0.25, 0.3) is 10.9 Å². The zero-order valence-corrected chi connectivity index (χ0v) is 11.9. The minimum atomic E-state index is -0.793. The third kappa shape index (κ3) is 3.14. The Morgan fingerprint density at radius 3 is 2.70 bits per heavy atom. The zero-order valence-electron chi connectivity index (χ0n) is 11.9. The summed E-state index contributed by atoms with van der Waals surface area (Å²) in [6.45, 7) is 7.16. The van der Waals surface area contributed by atoms with Crippen LogP contribution in [0.5, 0.6) is 5.88 Å². The van der Waals surface area contributed by atoms with Gasteiger partial charge in [-0.25, -0.2) is 4.79 Å². The first-order chi connectivity index (χ1) is 9.26. The zero-order chi connectivity index (χ0) is 14.9. The Morgan fingerprint density at radius 1 is 1.35 bits per heavy atom. The smallest absolute Gasteiger partial charge is 0.452 e. The summed E-state index contributed by atoms with van der Waals surface area (Å²) in [5.74, 6) is -0.127. The van der Waals surface area contributed by atoms with Gasteiger partial charge >= 0.3 is 6.09 Å². The lowest BCUT2D eigenvalue weighted by atomic mass is 10.2. The second-order valence-electron chi connectivity index (χ2n) is 5.55. The van der Waals surface area contributed by atoms with Crippen molar-refractivity contribution in [1.82, 2.24) is 4.98 Å². The third-order valence-corrected chi connectivity index (χ3v) is 2.53. The minimum absolute atomic E-state index is 0.127. The van der Waals surface area contributed by atoms with E-state index in [9.17, 15) is 9.90 Å². The van der Waals surface area contributed by atoms with E-state index in [2.05, 4.69) is 15.2 Å². The van der Waals surface area contributed by atoms with Gasteiger partial charge < -0.3 is 14.8 Å². The molecule has 0 unspecified atom stereocenters. The molecule has 0 atom stereocenters. The van der Waals surface area contributed by atoms with Crippen LogP contribution in [0.15, 0.2) is 28.4 Å². The van der Waals surface area contributed by atoms with E-state index in [1.54, 1.807) is 20.8 Å². The molecule has 0 saturated carbocycles. The number of amides is 1. The SMILES string of the molecule is Cc1ccc2[nH]c(O)c(N=NC(=O)OC(C)(C)C)c2c1. The highest BCUT2D eigenvalue weighted by molar-refractivity contribution is 5.94. The number of benzene rings is 1. The molecule has 0 aliphatic rings. The highest BCUT2D eigenvalue weighted by Gasteiger charge is 2.16. The van der Waals surface area contributed by atoms with Crippen molar-refractivity contribution in [1.29, 1.82) is 0 Å². The van der Waals surface area contributed by atoms with Crippen LogP contribution in [-0.2, 0) is 4.74 Å². The van der Waals surface area contributed by atoms with E-state index in [-0.39, 0.29) is 11.6 Å². The predicted molar refractivity (Wildman–Crippen MR) is 75.5 cm³/mol. The van der Waals surface area contributed by atoms with Crippen molar-refractivity contribution >= 4 is 22.7 Å². The van der Waals surface area contributed by atoms with E-state index in [1.165, 1.54) is 0 Å². The first-order valence-electron chi connectivity index (χ1n) is 6.22. The van der Waals surface area contributed by atoms with Crippen LogP contribution in [0.3, 0.4) is 0 Å². The number of azo groups is 1. The van der Waals surface area contributed by atoms with Crippen LogP contribution < -0.4 is 0 Å². The van der Waals surface area contributed by atoms with Crippen LogP contribution in [0.2, 0.25) is 0 Å². The molecule has 2 N–H and O–H groups in total. The number of aryl methyl sites for hydroxylation is 1. The third-order valence-electron chi connectivity index (χ3n) is 2.53. The number of fused-ring (bicyclic) bond motifs is 1. The molecular formula is C14H17N3O3. The number of ether oxygens (including phenoxy) is 1. The number of rotatable bonds is 1. The molecule has 2 aromatic rings. The first kappa shape index (κ1) is 14.0. The van der Waals surface area contributed by atoms with Crippen molar-refractivity contribution in [3.05, 3.63) is 23.8 Å². The summed E-state index contributed by atoms with van der Waals surface area (Å²) in [6.07, 6.45) is -0.793. The van der Waals surface area contributed by atoms with E-state index in [0.717, 1.165) is 11.1 Å². The number of aromatic hydroxyl groups is 1. The fraction of sp³-hybridized carbons (Fsp3) is 0.357. The molecule has 1 heterocycles. The van der Waals surface area contributed by atoms with Gasteiger partial charge in [-0.15, -0.1) is 5.11 Å². The number of carbonyl (C=O) groups is 1. The number of nitrogens with one attached hydrogen (secondary N) is 1. The minimum Gasteiger partial charge on any atom is -0.493 e. The maximum atomic E-state index is 11.5. The van der Waals surface area contributed by atoms with Crippen LogP contribution in [0.4, 0.5) is 10.5 Å². The van der Waals surface area contributed by atoms with Crippen molar-refractivity contribution in [3.8, 4) is 5.88 Å². The Balaban J connectivity index is 2.31. The van der Waals surface area contributed by atoms with Gasteiger partial charge in [0.15, 0.2) is 5.69 Å². The molecule has 0 bridgehead atoms. The highest BCUT2D eigenvalue weighted by atomic mass is 16.6. The molecule has 20 heavy (non-hydrogen) atoms. The van der Waals surface area contributed by atoms with Gasteiger partial charge in [0.2, 0.25) is 5.88 Å². The molecule has 6 nitrogen and oxygen atoms in total. The molecule has 0 aliphatic heterocycles. The molecule has 2 rings (SSSR count). The lowest BCUT2D eigenvalue weighted by Crippen LogP contribution is -2.21. The number of H-pyrrole nitrogens is 1. The summed E-state index contributed by atoms with van der Waals surface area (Å²) >= 11 is 0. The first-order valence-corrected chi connectivity index (χ1v) is 6.22. The van der Waals surface area contributed by atoms with Crippen molar-refractivity contribution in [3.63, 3.8) is 0 Å². The standard InChI is InChI=1S/C14H17N3O3/c1-8-5-6-10-9(7-8)11(12(18)15-10)16-17-13(19)20-14(2,3)4/h5-7,15,18H,1-4H3. The fourth-order valence-corrected chi connectivity index (χ4v) is 1.75. The molecule has 0 aliphatic carbocycles. The van der Waals surface area contributed by atoms with Crippen molar-refractivity contribution < 1.29 is 14.6 Å². The van der Waals surface area contributed by atoms with Crippen LogP contribution in [-0.4, -0.2) is 21.8 Å². The van der Waals surface area contributed by atoms with Gasteiger partial charge in [-0.05, 0) is 39.8 Å². The predicted octanol–water partition coefficient (Wildman–Crippen LogP) is 4.20. The Hall–Kier alpha value is -2.37. The fourth-order valence-electron chi connectivity index (χ4n) is 1.75. The molecule has 0 saturated heterocycles. The summed E-state index contributed by atoms with van der Waals surface area (Å²) in [7, 11) is 0. The number of aromatic amines is 1. The summed E-state index contributed by atoms with van der Waals surface area (Å²) in [4.78, 5) is 14.3. The van der Waals surface area contributed by atoms with Crippen molar-refractivity contribution in [2.24, 2.45) is 10.2 Å². The van der Waals surface area contributed by atoms with Crippen LogP contribution in [0, 0.1) is 6.92 Å². The Labute approximate surface area is 116 Å². The van der Waals surface area contributed by atoms with Gasteiger partial charge in [-0.1, -0.05) is 16.7 Å². The molecule has 1 aromatic carbocycles. The van der Waals surface area contributed by atoms with Crippen LogP contribution >= 0.6 is 0 Å². The Bertz CT molecular complexity index is 681. The second kappa shape index (κ2) is 4.96. The van der Waals surface area contributed by atoms with Gasteiger partial charge in [0, 0.05) is 5.39 Å². The number of carbonyl (C=O) groups excluding carboxylic acids is 1. The van der Waals surface area contributed by atoms with Crippen molar-refractivity contribution in [2.75, 3.05) is 0 Å². The monoisotopic (exact) mass is 275 g/mol. The topological polar surface area (TPSA) is 87.0 Å². The maximum Gasteiger partial charge on any atom is 0.452 e. The Morgan fingerprint density at radius 2 is 2.05 bits per heavy atom. The molecule has 0 radical (unpaired) electrons. The molecule has 106 valence electrons. The number of hydrogen-bond donors (Lipinski definition) is 2. The lowest BCUT2D eigenvalue weighted by Gasteiger charge is -2.16. The lowest BCUT2D eigenvalue weighted by molar-refractivity contribution is 0.0592. The summed E-state index contributed by atoms with van der Waals surface area (Å²) in [6, 6.07) is 5.60. The quantitative estimate of drug-likeness (QED) is 0.764. The molecule has 1 amide bonds. The average molecular weight is 275 g/mol. The molecule has 0 spiro atoms. The number of hydrogen-bond acceptors (Lipinski definition) is 4. The average Bonchev–Trinajstić information content (AvgIpc) is 2.59. The number of nitrogens with zero attached hydrogens (tertiary/aromatic N) is 2. The van der Waals surface area contributed by atoms with E-state index >= 15 is 0 Å².